The first-order chi connectivity index (χ1) is 24.7. The van der Waals surface area contributed by atoms with Crippen molar-refractivity contribution in [3.8, 4) is 28.8 Å². The van der Waals surface area contributed by atoms with E-state index in [1.165, 1.54) is 12.4 Å². The Bertz CT molecular complexity index is 1950. The van der Waals surface area contributed by atoms with E-state index in [4.69, 9.17) is 20.3 Å². The summed E-state index contributed by atoms with van der Waals surface area (Å²) in [6.07, 6.45) is 6.04. The van der Waals surface area contributed by atoms with Gasteiger partial charge in [-0.2, -0.15) is 10.4 Å². The number of allylic oxidation sites excluding steroid dienone is 1. The van der Waals surface area contributed by atoms with Crippen molar-refractivity contribution in [1.82, 2.24) is 34.4 Å². The van der Waals surface area contributed by atoms with Gasteiger partial charge in [0, 0.05) is 56.4 Å². The number of carbonyl (C=O) groups is 1. The number of hydrogen-bond donors (Lipinski definition) is 1. The zero-order chi connectivity index (χ0) is 35.5. The van der Waals surface area contributed by atoms with E-state index in [1.54, 1.807) is 39.9 Å². The van der Waals surface area contributed by atoms with Crippen LogP contribution in [0.5, 0.6) is 11.5 Å². The van der Waals surface area contributed by atoms with E-state index in [9.17, 15) is 10.1 Å². The van der Waals surface area contributed by atoms with Crippen LogP contribution in [0.2, 0.25) is 0 Å². The molecular formula is C38H44FN9O3. The number of fused-ring (bicyclic) bond motifs is 1. The number of benzene rings is 2. The Hall–Kier alpha value is -4.90. The van der Waals surface area contributed by atoms with E-state index in [-0.39, 0.29) is 34.4 Å². The van der Waals surface area contributed by atoms with Gasteiger partial charge in [-0.3, -0.25) is 14.6 Å². The van der Waals surface area contributed by atoms with Gasteiger partial charge in [0.1, 0.15) is 46.8 Å². The molecule has 1 amide bonds. The highest BCUT2D eigenvalue weighted by atomic mass is 19.1. The predicted octanol–water partition coefficient (Wildman–Crippen LogP) is 5.20. The number of nitrogens with zero attached hydrogens (tertiary/aromatic N) is 8. The maximum atomic E-state index is 15.7. The first kappa shape index (κ1) is 34.5. The van der Waals surface area contributed by atoms with Gasteiger partial charge in [-0.25, -0.2) is 19.0 Å². The summed E-state index contributed by atoms with van der Waals surface area (Å²) >= 11 is 0. The summed E-state index contributed by atoms with van der Waals surface area (Å²) in [4.78, 5) is 29.1. The Kier molecular flexibility index (Phi) is 9.99. The smallest absolute Gasteiger partial charge is 0.264 e. The number of piperidine rings is 1. The van der Waals surface area contributed by atoms with Gasteiger partial charge in [0.25, 0.3) is 5.91 Å². The van der Waals surface area contributed by atoms with Crippen LogP contribution in [0.3, 0.4) is 0 Å². The van der Waals surface area contributed by atoms with Crippen molar-refractivity contribution in [3.05, 3.63) is 72.3 Å². The zero-order valence-corrected chi connectivity index (χ0v) is 29.2. The lowest BCUT2D eigenvalue weighted by molar-refractivity contribution is -0.128. The number of amides is 1. The molecule has 0 spiro atoms. The van der Waals surface area contributed by atoms with E-state index in [1.807, 2.05) is 18.2 Å². The van der Waals surface area contributed by atoms with Gasteiger partial charge >= 0.3 is 0 Å². The molecule has 0 radical (unpaired) electrons. The van der Waals surface area contributed by atoms with E-state index >= 15 is 4.39 Å². The Balaban J connectivity index is 1.04. The highest BCUT2D eigenvalue weighted by Gasteiger charge is 2.34. The van der Waals surface area contributed by atoms with Crippen molar-refractivity contribution in [2.75, 3.05) is 58.2 Å². The number of nitriles is 1. The third-order valence-corrected chi connectivity index (χ3v) is 10.5. The SMILES string of the molecule is CC(C)(CC/C=C(\C#N)C(=O)N1CCC[C@@H](n2nc(-c3ccc(Oc4ccccc4)cc3F)c3c(N)ncnc32)C1)N1CCN(C2COC2)CC1. The van der Waals surface area contributed by atoms with Crippen LogP contribution in [0, 0.1) is 17.1 Å². The molecule has 3 fully saturated rings. The molecule has 0 aliphatic carbocycles. The Labute approximate surface area is 297 Å². The molecule has 2 aromatic heterocycles. The molecule has 4 aromatic rings. The summed E-state index contributed by atoms with van der Waals surface area (Å²) in [6, 6.07) is 16.2. The minimum absolute atomic E-state index is 0.0597. The molecule has 7 rings (SSSR count). The number of ether oxygens (including phenoxy) is 2. The van der Waals surface area contributed by atoms with Crippen molar-refractivity contribution in [1.29, 1.82) is 5.26 Å². The summed E-state index contributed by atoms with van der Waals surface area (Å²) in [5.74, 6) is 0.302. The number of para-hydroxylation sites is 1. The second-order valence-corrected chi connectivity index (χ2v) is 14.1. The molecule has 2 aromatic carbocycles. The van der Waals surface area contributed by atoms with E-state index < -0.39 is 5.82 Å². The number of hydrogen-bond acceptors (Lipinski definition) is 10. The number of carbonyl (C=O) groups excluding carboxylic acids is 1. The highest BCUT2D eigenvalue weighted by Crippen LogP contribution is 2.36. The van der Waals surface area contributed by atoms with Crippen LogP contribution in [-0.2, 0) is 9.53 Å². The van der Waals surface area contributed by atoms with Crippen LogP contribution in [0.4, 0.5) is 10.2 Å². The maximum Gasteiger partial charge on any atom is 0.264 e. The minimum atomic E-state index is -0.531. The van der Waals surface area contributed by atoms with Gasteiger partial charge in [-0.05, 0) is 63.8 Å². The molecule has 0 unspecified atom stereocenters. The monoisotopic (exact) mass is 693 g/mol. The van der Waals surface area contributed by atoms with Crippen LogP contribution >= 0.6 is 0 Å². The number of nitrogens with two attached hydrogens (primary N) is 1. The topological polar surface area (TPSA) is 139 Å². The molecule has 3 aliphatic heterocycles. The quantitative estimate of drug-likeness (QED) is 0.174. The lowest BCUT2D eigenvalue weighted by Crippen LogP contribution is -2.60. The fourth-order valence-corrected chi connectivity index (χ4v) is 7.36. The normalized spacial score (nSPS) is 19.5. The number of nitrogen functional groups attached to an aromatic ring is 1. The zero-order valence-electron chi connectivity index (χ0n) is 29.2. The van der Waals surface area contributed by atoms with Gasteiger partial charge in [-0.1, -0.05) is 24.3 Å². The van der Waals surface area contributed by atoms with Crippen molar-refractivity contribution in [2.45, 2.75) is 57.2 Å². The minimum Gasteiger partial charge on any atom is -0.457 e. The Morgan fingerprint density at radius 1 is 1.08 bits per heavy atom. The maximum absolute atomic E-state index is 15.7. The van der Waals surface area contributed by atoms with Crippen LogP contribution < -0.4 is 10.5 Å². The van der Waals surface area contributed by atoms with E-state index in [0.717, 1.165) is 52.2 Å². The molecule has 3 aliphatic rings. The lowest BCUT2D eigenvalue weighted by Gasteiger charge is -2.47. The number of aromatic nitrogens is 4. The van der Waals surface area contributed by atoms with Crippen LogP contribution in [-0.4, -0.2) is 104 Å². The Morgan fingerprint density at radius 3 is 2.57 bits per heavy atom. The molecule has 13 heteroatoms. The van der Waals surface area contributed by atoms with Crippen molar-refractivity contribution in [2.24, 2.45) is 0 Å². The van der Waals surface area contributed by atoms with Gasteiger partial charge in [0.2, 0.25) is 0 Å². The summed E-state index contributed by atoms with van der Waals surface area (Å²) < 4.78 is 28.6. The number of anilines is 1. The molecule has 12 nitrogen and oxygen atoms in total. The lowest BCUT2D eigenvalue weighted by atomic mass is 9.94. The van der Waals surface area contributed by atoms with Crippen molar-refractivity contribution in [3.63, 3.8) is 0 Å². The molecular weight excluding hydrogens is 649 g/mol. The molecule has 51 heavy (non-hydrogen) atoms. The third kappa shape index (κ3) is 7.30. The number of rotatable bonds is 10. The molecule has 266 valence electrons. The number of likely N-dealkylation sites (tertiary alicyclic amines) is 1. The molecule has 5 heterocycles. The van der Waals surface area contributed by atoms with E-state index in [0.29, 0.717) is 60.2 Å². The summed E-state index contributed by atoms with van der Waals surface area (Å²) in [5.41, 5.74) is 7.43. The molecule has 0 saturated carbocycles. The molecule has 3 saturated heterocycles. The number of halogens is 1. The van der Waals surface area contributed by atoms with E-state index in [2.05, 4.69) is 39.7 Å². The highest BCUT2D eigenvalue weighted by molar-refractivity contribution is 5.99. The molecule has 0 bridgehead atoms. The third-order valence-electron chi connectivity index (χ3n) is 10.5. The summed E-state index contributed by atoms with van der Waals surface area (Å²) in [6.45, 7) is 11.0. The van der Waals surface area contributed by atoms with Gasteiger partial charge in [0.05, 0.1) is 30.7 Å². The molecule has 2 N–H and O–H groups in total. The first-order valence-electron chi connectivity index (χ1n) is 17.7. The average Bonchev–Trinajstić information content (AvgIpc) is 3.51. The summed E-state index contributed by atoms with van der Waals surface area (Å²) in [7, 11) is 0. The average molecular weight is 694 g/mol. The fourth-order valence-electron chi connectivity index (χ4n) is 7.36. The Morgan fingerprint density at radius 2 is 1.86 bits per heavy atom. The van der Waals surface area contributed by atoms with Crippen molar-refractivity contribution < 1.29 is 18.7 Å². The standard InChI is InChI=1S/C38H44FN9O3/c1-38(2,47-18-16-45(17-19-47)28-23-50-24-28)14-6-8-26(21-40)37(49)46-15-7-9-27(22-46)48-36-33(35(41)42-25-43-36)34(44-48)31-13-12-30(20-32(31)39)51-29-10-4-3-5-11-29/h3-5,8,10-13,20,25,27-28H,6-7,9,14-19,22-24H2,1-2H3,(H2,41,42,43)/b26-8+/t27-/m1/s1. The second-order valence-electron chi connectivity index (χ2n) is 14.1. The van der Waals surface area contributed by atoms with Gasteiger partial charge in [0.15, 0.2) is 5.65 Å². The predicted molar refractivity (Wildman–Crippen MR) is 191 cm³/mol. The second kappa shape index (κ2) is 14.8. The van der Waals surface area contributed by atoms with Gasteiger partial charge < -0.3 is 20.1 Å². The van der Waals surface area contributed by atoms with Crippen LogP contribution in [0.1, 0.15) is 45.6 Å². The largest absolute Gasteiger partial charge is 0.457 e. The number of piperazine rings is 1. The van der Waals surface area contributed by atoms with Crippen LogP contribution in [0.25, 0.3) is 22.3 Å². The first-order valence-corrected chi connectivity index (χ1v) is 17.7. The molecule has 1 atom stereocenters. The fraction of sp³-hybridized carbons (Fsp3) is 0.447. The van der Waals surface area contributed by atoms with Gasteiger partial charge in [-0.15, -0.1) is 0 Å². The van der Waals surface area contributed by atoms with Crippen LogP contribution in [0.15, 0.2) is 66.5 Å². The van der Waals surface area contributed by atoms with Crippen molar-refractivity contribution >= 4 is 22.8 Å². The summed E-state index contributed by atoms with van der Waals surface area (Å²) in [5, 5.41) is 15.3.